The first-order valence-electron chi connectivity index (χ1n) is 5.76. The minimum atomic E-state index is 0.294. The van der Waals surface area contributed by atoms with Gasteiger partial charge in [0.05, 0.1) is 12.2 Å². The molecule has 1 fully saturated rings. The van der Waals surface area contributed by atoms with E-state index in [0.29, 0.717) is 18.4 Å². The Hall–Kier alpha value is -1.52. The molecule has 1 aliphatic heterocycles. The molecular weight excluding hydrogens is 204 g/mol. The molecule has 5 heteroatoms. The van der Waals surface area contributed by atoms with Crippen LogP contribution in [0.1, 0.15) is 24.1 Å². The third-order valence-corrected chi connectivity index (χ3v) is 3.49. The number of hydrogen-bond donors (Lipinski definition) is 1. The van der Waals surface area contributed by atoms with Crippen molar-refractivity contribution in [3.05, 3.63) is 11.3 Å². The molecule has 0 radical (unpaired) electrons. The van der Waals surface area contributed by atoms with Crippen LogP contribution in [0, 0.1) is 5.92 Å². The molecule has 3 rings (SSSR count). The van der Waals surface area contributed by atoms with Gasteiger partial charge in [0.25, 0.3) is 0 Å². The van der Waals surface area contributed by atoms with E-state index in [0.717, 1.165) is 42.9 Å². The maximum absolute atomic E-state index is 11.9. The Kier molecular flexibility index (Phi) is 1.96. The number of hydrogen-bond acceptors (Lipinski definition) is 3. The zero-order valence-corrected chi connectivity index (χ0v) is 9.44. The minimum Gasteiger partial charge on any atom is -0.384 e. The highest BCUT2D eigenvalue weighted by Gasteiger charge is 2.35. The number of nitrogens with zero attached hydrogens (tertiary/aromatic N) is 3. The van der Waals surface area contributed by atoms with Gasteiger partial charge in [-0.1, -0.05) is 0 Å². The molecule has 0 atom stereocenters. The van der Waals surface area contributed by atoms with Crippen LogP contribution in [-0.2, 0) is 24.8 Å². The predicted molar refractivity (Wildman–Crippen MR) is 59.5 cm³/mol. The highest BCUT2D eigenvalue weighted by Crippen LogP contribution is 2.33. The number of nitrogen functional groups attached to an aromatic ring is 1. The molecule has 1 aliphatic carbocycles. The summed E-state index contributed by atoms with van der Waals surface area (Å²) >= 11 is 0. The van der Waals surface area contributed by atoms with Crippen molar-refractivity contribution in [3.8, 4) is 0 Å². The largest absolute Gasteiger partial charge is 0.384 e. The van der Waals surface area contributed by atoms with Gasteiger partial charge in [0.15, 0.2) is 0 Å². The summed E-state index contributed by atoms with van der Waals surface area (Å²) in [6.45, 7) is 1.42. The molecule has 0 spiro atoms. The number of aromatic nitrogens is 2. The van der Waals surface area contributed by atoms with Gasteiger partial charge in [0.2, 0.25) is 5.91 Å². The Morgan fingerprint density at radius 2 is 2.25 bits per heavy atom. The van der Waals surface area contributed by atoms with Gasteiger partial charge < -0.3 is 10.6 Å². The summed E-state index contributed by atoms with van der Waals surface area (Å²) in [6.07, 6.45) is 2.96. The van der Waals surface area contributed by atoms with Crippen LogP contribution in [0.4, 0.5) is 5.82 Å². The first-order chi connectivity index (χ1) is 7.66. The first-order valence-corrected chi connectivity index (χ1v) is 5.76. The molecule has 1 saturated carbocycles. The number of amides is 1. The molecule has 0 bridgehead atoms. The third-order valence-electron chi connectivity index (χ3n) is 3.49. The van der Waals surface area contributed by atoms with Crippen LogP contribution in [0.25, 0.3) is 0 Å². The van der Waals surface area contributed by atoms with E-state index in [4.69, 9.17) is 5.73 Å². The Morgan fingerprint density at radius 3 is 2.94 bits per heavy atom. The lowest BCUT2D eigenvalue weighted by molar-refractivity contribution is -0.133. The van der Waals surface area contributed by atoms with Crippen molar-refractivity contribution in [1.29, 1.82) is 0 Å². The quantitative estimate of drug-likeness (QED) is 0.740. The van der Waals surface area contributed by atoms with Gasteiger partial charge in [-0.3, -0.25) is 9.48 Å². The van der Waals surface area contributed by atoms with E-state index in [1.54, 1.807) is 4.68 Å². The lowest BCUT2D eigenvalue weighted by atomic mass is 10.1. The Balaban J connectivity index is 1.83. The highest BCUT2D eigenvalue weighted by atomic mass is 16.2. The van der Waals surface area contributed by atoms with E-state index in [1.165, 1.54) is 0 Å². The van der Waals surface area contributed by atoms with Crippen molar-refractivity contribution in [3.63, 3.8) is 0 Å². The number of aryl methyl sites for hydroxylation is 1. The number of anilines is 1. The summed E-state index contributed by atoms with van der Waals surface area (Å²) in [5.41, 5.74) is 8.01. The topological polar surface area (TPSA) is 64.2 Å². The van der Waals surface area contributed by atoms with Crippen LogP contribution in [0.5, 0.6) is 0 Å². The number of carbonyl (C=O) groups excluding carboxylic acids is 1. The number of nitrogens with two attached hydrogens (primary N) is 1. The molecule has 2 heterocycles. The molecule has 0 unspecified atom stereocenters. The molecule has 0 aromatic carbocycles. The molecule has 1 aromatic heterocycles. The molecule has 1 aromatic rings. The van der Waals surface area contributed by atoms with E-state index < -0.39 is 0 Å². The van der Waals surface area contributed by atoms with E-state index >= 15 is 0 Å². The molecule has 1 amide bonds. The van der Waals surface area contributed by atoms with Crippen molar-refractivity contribution in [2.45, 2.75) is 25.8 Å². The molecule has 86 valence electrons. The maximum Gasteiger partial charge on any atom is 0.226 e. The average molecular weight is 220 g/mol. The smallest absolute Gasteiger partial charge is 0.226 e. The second-order valence-electron chi connectivity index (χ2n) is 4.72. The third kappa shape index (κ3) is 1.38. The predicted octanol–water partition coefficient (Wildman–Crippen LogP) is 0.297. The molecule has 2 aliphatic rings. The Labute approximate surface area is 94.2 Å². The fourth-order valence-electron chi connectivity index (χ4n) is 2.32. The van der Waals surface area contributed by atoms with Gasteiger partial charge >= 0.3 is 0 Å². The zero-order valence-electron chi connectivity index (χ0n) is 9.44. The van der Waals surface area contributed by atoms with Gasteiger partial charge in [-0.25, -0.2) is 0 Å². The van der Waals surface area contributed by atoms with Gasteiger partial charge in [0.1, 0.15) is 5.82 Å². The number of fused-ring (bicyclic) bond motifs is 1. The second kappa shape index (κ2) is 3.23. The molecule has 5 nitrogen and oxygen atoms in total. The highest BCUT2D eigenvalue weighted by molar-refractivity contribution is 5.81. The summed E-state index contributed by atoms with van der Waals surface area (Å²) in [5, 5.41) is 4.36. The van der Waals surface area contributed by atoms with Gasteiger partial charge in [-0.15, -0.1) is 0 Å². The number of carbonyl (C=O) groups is 1. The van der Waals surface area contributed by atoms with E-state index in [1.807, 2.05) is 11.9 Å². The average Bonchev–Trinajstić information content (AvgIpc) is 3.07. The van der Waals surface area contributed by atoms with Crippen LogP contribution in [0.2, 0.25) is 0 Å². The normalized spacial score (nSPS) is 19.7. The lowest BCUT2D eigenvalue weighted by Crippen LogP contribution is -2.36. The van der Waals surface area contributed by atoms with Crippen LogP contribution in [0.15, 0.2) is 0 Å². The van der Waals surface area contributed by atoms with Gasteiger partial charge in [-0.05, 0) is 19.3 Å². The number of rotatable bonds is 1. The molecule has 2 N–H and O–H groups in total. The van der Waals surface area contributed by atoms with Crippen LogP contribution < -0.4 is 5.73 Å². The molecule has 0 saturated heterocycles. The van der Waals surface area contributed by atoms with Crippen molar-refractivity contribution in [1.82, 2.24) is 14.7 Å². The summed E-state index contributed by atoms with van der Waals surface area (Å²) in [6, 6.07) is 0. The van der Waals surface area contributed by atoms with Crippen molar-refractivity contribution >= 4 is 11.7 Å². The summed E-state index contributed by atoms with van der Waals surface area (Å²) < 4.78 is 1.70. The second-order valence-corrected chi connectivity index (χ2v) is 4.72. The summed E-state index contributed by atoms with van der Waals surface area (Å²) in [7, 11) is 1.85. The van der Waals surface area contributed by atoms with Gasteiger partial charge in [0, 0.05) is 25.1 Å². The Morgan fingerprint density at radius 1 is 1.50 bits per heavy atom. The Bertz CT molecular complexity index is 447. The van der Waals surface area contributed by atoms with Crippen LogP contribution in [0.3, 0.4) is 0 Å². The fourth-order valence-corrected chi connectivity index (χ4v) is 2.32. The minimum absolute atomic E-state index is 0.294. The van der Waals surface area contributed by atoms with Crippen LogP contribution >= 0.6 is 0 Å². The molecule has 16 heavy (non-hydrogen) atoms. The first kappa shape index (κ1) is 9.69. The molecular formula is C11H16N4O. The van der Waals surface area contributed by atoms with Crippen molar-refractivity contribution in [2.75, 3.05) is 12.3 Å². The zero-order chi connectivity index (χ0) is 11.3. The lowest BCUT2D eigenvalue weighted by Gasteiger charge is -2.26. The summed E-state index contributed by atoms with van der Waals surface area (Å²) in [5.74, 6) is 1.34. The fraction of sp³-hybridized carbons (Fsp3) is 0.636. The SMILES string of the molecule is Cn1nc2c(c1N)CCN(C(=O)C1CC1)C2. The monoisotopic (exact) mass is 220 g/mol. The summed E-state index contributed by atoms with van der Waals surface area (Å²) in [4.78, 5) is 13.8. The van der Waals surface area contributed by atoms with Crippen molar-refractivity contribution < 1.29 is 4.79 Å². The standard InChI is InChI=1S/C11H16N4O/c1-14-10(12)8-4-5-15(6-9(8)13-14)11(16)7-2-3-7/h7H,2-6,12H2,1H3. The maximum atomic E-state index is 11.9. The van der Waals surface area contributed by atoms with Gasteiger partial charge in [-0.2, -0.15) is 5.10 Å². The van der Waals surface area contributed by atoms with Crippen molar-refractivity contribution in [2.24, 2.45) is 13.0 Å². The van der Waals surface area contributed by atoms with E-state index in [2.05, 4.69) is 5.10 Å². The van der Waals surface area contributed by atoms with Crippen LogP contribution in [-0.4, -0.2) is 27.1 Å². The van der Waals surface area contributed by atoms with E-state index in [9.17, 15) is 4.79 Å². The van der Waals surface area contributed by atoms with E-state index in [-0.39, 0.29) is 0 Å².